The van der Waals surface area contributed by atoms with Gasteiger partial charge in [0.15, 0.2) is 4.80 Å². The zero-order valence-corrected chi connectivity index (χ0v) is 20.1. The first kappa shape index (κ1) is 24.0. The van der Waals surface area contributed by atoms with Gasteiger partial charge < -0.3 is 15.6 Å². The lowest BCUT2D eigenvalue weighted by molar-refractivity contribution is 0.0925. The zero-order chi connectivity index (χ0) is 22.9. The first-order valence-corrected chi connectivity index (χ1v) is 12.3. The molecule has 0 unspecified atom stereocenters. The summed E-state index contributed by atoms with van der Waals surface area (Å²) in [6.07, 6.45) is 3.81. The van der Waals surface area contributed by atoms with Crippen LogP contribution in [-0.2, 0) is 6.54 Å². The lowest BCUT2D eigenvalue weighted by Gasteiger charge is -2.18. The number of rotatable bonds is 10. The predicted octanol–water partition coefficient (Wildman–Crippen LogP) is 5.41. The highest BCUT2D eigenvalue weighted by molar-refractivity contribution is 7.07. The van der Waals surface area contributed by atoms with E-state index in [-0.39, 0.29) is 11.9 Å². The molecule has 0 saturated heterocycles. The number of benzene rings is 2. The molecule has 0 spiro atoms. The van der Waals surface area contributed by atoms with Crippen LogP contribution >= 0.6 is 11.3 Å². The van der Waals surface area contributed by atoms with E-state index < -0.39 is 0 Å². The molecule has 2 aromatic carbocycles. The van der Waals surface area contributed by atoms with E-state index in [1.54, 1.807) is 0 Å². The molecule has 0 aliphatic carbocycles. The molecule has 170 valence electrons. The second-order valence-electron chi connectivity index (χ2n) is 8.21. The number of nitrogens with two attached hydrogens (primary N) is 1. The average Bonchev–Trinajstić information content (AvgIpc) is 3.17. The van der Waals surface area contributed by atoms with Crippen LogP contribution < -0.4 is 15.9 Å². The van der Waals surface area contributed by atoms with Gasteiger partial charge in [0, 0.05) is 11.9 Å². The summed E-state index contributed by atoms with van der Waals surface area (Å²) < 4.78 is 2.06. The number of aromatic nitrogens is 1. The van der Waals surface area contributed by atoms with Crippen LogP contribution in [0.1, 0.15) is 65.8 Å². The number of thiazole rings is 1. The molecule has 0 aliphatic rings. The Hall–Kier alpha value is -2.70. The maximum atomic E-state index is 13.3. The normalized spacial score (nSPS) is 12.7. The number of unbranched alkanes of at least 4 members (excludes halogenated alkanes) is 2. The fraction of sp³-hybridized carbons (Fsp3) is 0.385. The molecule has 6 heteroatoms. The Morgan fingerprint density at radius 2 is 1.81 bits per heavy atom. The monoisotopic (exact) mass is 450 g/mol. The molecule has 0 fully saturated rings. The molecule has 1 amide bonds. The second-order valence-corrected chi connectivity index (χ2v) is 9.04. The highest BCUT2D eigenvalue weighted by Gasteiger charge is 2.18. The van der Waals surface area contributed by atoms with Crippen molar-refractivity contribution >= 4 is 22.9 Å². The quantitative estimate of drug-likeness (QED) is 0.405. The number of nitrogens with zero attached hydrogens (tertiary/aromatic N) is 2. The minimum atomic E-state index is -0.0577. The molecule has 5 nitrogen and oxygen atoms in total. The molecule has 0 saturated carbocycles. The summed E-state index contributed by atoms with van der Waals surface area (Å²) >= 11 is 1.52. The van der Waals surface area contributed by atoms with Gasteiger partial charge in [-0.2, -0.15) is 0 Å². The van der Waals surface area contributed by atoms with E-state index in [4.69, 9.17) is 10.7 Å². The van der Waals surface area contributed by atoms with Crippen molar-refractivity contribution < 1.29 is 4.79 Å². The fourth-order valence-corrected chi connectivity index (χ4v) is 4.80. The zero-order valence-electron chi connectivity index (χ0n) is 19.3. The molecular weight excluding hydrogens is 416 g/mol. The Balaban J connectivity index is 1.92. The van der Waals surface area contributed by atoms with Crippen LogP contribution in [0.4, 0.5) is 5.69 Å². The third-order valence-electron chi connectivity index (χ3n) is 5.46. The van der Waals surface area contributed by atoms with Gasteiger partial charge in [0.2, 0.25) is 0 Å². The summed E-state index contributed by atoms with van der Waals surface area (Å²) in [6.45, 7) is 7.69. The van der Waals surface area contributed by atoms with Gasteiger partial charge in [-0.3, -0.25) is 4.79 Å². The molecule has 0 radical (unpaired) electrons. The van der Waals surface area contributed by atoms with Crippen molar-refractivity contribution in [3.05, 3.63) is 81.1 Å². The smallest absolute Gasteiger partial charge is 0.269 e. The SMILES string of the molecule is CC[C@@H](NC(=O)c1csc(=Nc2cc(C)cc(C)c2)n1CCCCCN)c1ccccc1. The summed E-state index contributed by atoms with van der Waals surface area (Å²) in [5, 5.41) is 5.15. The first-order chi connectivity index (χ1) is 15.5. The molecule has 3 rings (SSSR count). The number of hydrogen-bond donors (Lipinski definition) is 2. The Labute approximate surface area is 195 Å². The Bertz CT molecular complexity index is 1060. The van der Waals surface area contributed by atoms with Gasteiger partial charge in [-0.25, -0.2) is 4.99 Å². The third-order valence-corrected chi connectivity index (χ3v) is 6.33. The van der Waals surface area contributed by atoms with Crippen molar-refractivity contribution in [2.75, 3.05) is 6.54 Å². The van der Waals surface area contributed by atoms with Gasteiger partial charge in [0.05, 0.1) is 11.7 Å². The topological polar surface area (TPSA) is 72.4 Å². The first-order valence-electron chi connectivity index (χ1n) is 11.4. The largest absolute Gasteiger partial charge is 0.344 e. The van der Waals surface area contributed by atoms with Gasteiger partial charge in [0.25, 0.3) is 5.91 Å². The summed E-state index contributed by atoms with van der Waals surface area (Å²) in [4.78, 5) is 19.0. The molecule has 1 atom stereocenters. The van der Waals surface area contributed by atoms with Crippen LogP contribution in [0.3, 0.4) is 0 Å². The minimum Gasteiger partial charge on any atom is -0.344 e. The van der Waals surface area contributed by atoms with E-state index in [1.807, 2.05) is 23.6 Å². The van der Waals surface area contributed by atoms with Gasteiger partial charge in [-0.1, -0.05) is 49.7 Å². The van der Waals surface area contributed by atoms with Crippen LogP contribution in [0.2, 0.25) is 0 Å². The Morgan fingerprint density at radius 3 is 2.47 bits per heavy atom. The van der Waals surface area contributed by atoms with Crippen LogP contribution in [0.5, 0.6) is 0 Å². The number of hydrogen-bond acceptors (Lipinski definition) is 4. The maximum Gasteiger partial charge on any atom is 0.269 e. The van der Waals surface area contributed by atoms with Crippen LogP contribution in [0.15, 0.2) is 58.9 Å². The van der Waals surface area contributed by atoms with Crippen molar-refractivity contribution in [2.24, 2.45) is 10.7 Å². The van der Waals surface area contributed by atoms with Crippen molar-refractivity contribution in [3.8, 4) is 0 Å². The molecule has 0 bridgehead atoms. The Morgan fingerprint density at radius 1 is 1.09 bits per heavy atom. The van der Waals surface area contributed by atoms with Crippen LogP contribution in [0.25, 0.3) is 0 Å². The lowest BCUT2D eigenvalue weighted by Crippen LogP contribution is -2.32. The molecular formula is C26H34N4OS. The number of carbonyl (C=O) groups is 1. The van der Waals surface area contributed by atoms with Gasteiger partial charge in [0.1, 0.15) is 5.69 Å². The number of amides is 1. The summed E-state index contributed by atoms with van der Waals surface area (Å²) in [5.41, 5.74) is 10.7. The van der Waals surface area contributed by atoms with Crippen LogP contribution in [-0.4, -0.2) is 17.0 Å². The molecule has 32 heavy (non-hydrogen) atoms. The van der Waals surface area contributed by atoms with E-state index in [2.05, 4.69) is 61.0 Å². The van der Waals surface area contributed by atoms with Crippen molar-refractivity contribution in [1.29, 1.82) is 0 Å². The van der Waals surface area contributed by atoms with E-state index in [0.29, 0.717) is 12.2 Å². The van der Waals surface area contributed by atoms with Crippen molar-refractivity contribution in [1.82, 2.24) is 9.88 Å². The van der Waals surface area contributed by atoms with Gasteiger partial charge in [-0.05, 0) is 68.5 Å². The summed E-state index contributed by atoms with van der Waals surface area (Å²) in [7, 11) is 0. The Kier molecular flexibility index (Phi) is 8.82. The predicted molar refractivity (Wildman–Crippen MR) is 133 cm³/mol. The highest BCUT2D eigenvalue weighted by Crippen LogP contribution is 2.19. The van der Waals surface area contributed by atoms with Gasteiger partial charge >= 0.3 is 0 Å². The number of carbonyl (C=O) groups excluding carboxylic acids is 1. The van der Waals surface area contributed by atoms with E-state index in [1.165, 1.54) is 22.5 Å². The summed E-state index contributed by atoms with van der Waals surface area (Å²) in [6, 6.07) is 16.4. The summed E-state index contributed by atoms with van der Waals surface area (Å²) in [5.74, 6) is -0.0577. The van der Waals surface area contributed by atoms with Crippen molar-refractivity contribution in [3.63, 3.8) is 0 Å². The number of aryl methyl sites for hydroxylation is 2. The second kappa shape index (κ2) is 11.8. The number of nitrogens with one attached hydrogen (secondary N) is 1. The molecule has 1 heterocycles. The van der Waals surface area contributed by atoms with E-state index in [9.17, 15) is 4.79 Å². The highest BCUT2D eigenvalue weighted by atomic mass is 32.1. The molecule has 1 aromatic heterocycles. The van der Waals surface area contributed by atoms with E-state index in [0.717, 1.165) is 48.3 Å². The average molecular weight is 451 g/mol. The standard InChI is InChI=1S/C26H34N4OS/c1-4-23(21-11-7-5-8-12-21)29-25(31)24-18-32-26(30(24)14-10-6-9-13-27)28-22-16-19(2)15-20(3)17-22/h5,7-8,11-12,15-18,23H,4,6,9-10,13-14,27H2,1-3H3,(H,29,31)/t23-/m1/s1. The van der Waals surface area contributed by atoms with E-state index >= 15 is 0 Å². The fourth-order valence-electron chi connectivity index (χ4n) is 3.87. The maximum absolute atomic E-state index is 13.3. The van der Waals surface area contributed by atoms with Gasteiger partial charge in [-0.15, -0.1) is 11.3 Å². The van der Waals surface area contributed by atoms with Crippen molar-refractivity contribution in [2.45, 2.75) is 59.0 Å². The molecule has 3 N–H and O–H groups in total. The molecule has 3 aromatic rings. The molecule has 0 aliphatic heterocycles. The lowest BCUT2D eigenvalue weighted by atomic mass is 10.0. The minimum absolute atomic E-state index is 0.0194. The van der Waals surface area contributed by atoms with Crippen LogP contribution in [0, 0.1) is 13.8 Å². The third kappa shape index (κ3) is 6.40.